The molecule has 0 radical (unpaired) electrons. The summed E-state index contributed by atoms with van der Waals surface area (Å²) >= 11 is 0. The third-order valence-electron chi connectivity index (χ3n) is 4.71. The fourth-order valence-corrected chi connectivity index (χ4v) is 3.24. The molecule has 0 spiro atoms. The third-order valence-corrected chi connectivity index (χ3v) is 4.71. The number of hydrogen-bond donors (Lipinski definition) is 0. The van der Waals surface area contributed by atoms with Crippen LogP contribution < -0.4 is 4.90 Å². The predicted molar refractivity (Wildman–Crippen MR) is 85.8 cm³/mol. The molecule has 1 amide bonds. The van der Waals surface area contributed by atoms with E-state index in [1.807, 2.05) is 17.9 Å². The topological polar surface area (TPSA) is 76.4 Å². The number of amides is 1. The van der Waals surface area contributed by atoms with E-state index >= 15 is 0 Å². The van der Waals surface area contributed by atoms with Gasteiger partial charge in [0, 0.05) is 39.3 Å². The van der Waals surface area contributed by atoms with Gasteiger partial charge in [-0.3, -0.25) is 9.69 Å². The van der Waals surface area contributed by atoms with Crippen LogP contribution in [0, 0.1) is 11.3 Å². The second kappa shape index (κ2) is 6.92. The SMILES string of the molecule is CC(C(=O)N1CCCC1)N1CCN(c2cnc(C#N)cn2)CC1. The summed E-state index contributed by atoms with van der Waals surface area (Å²) in [6, 6.07) is 1.92. The Labute approximate surface area is 136 Å². The number of anilines is 1. The molecule has 2 aliphatic heterocycles. The van der Waals surface area contributed by atoms with Crippen LogP contribution in [0.25, 0.3) is 0 Å². The molecule has 2 saturated heterocycles. The molecule has 0 bridgehead atoms. The summed E-state index contributed by atoms with van der Waals surface area (Å²) in [4.78, 5) is 27.2. The van der Waals surface area contributed by atoms with Crippen molar-refractivity contribution in [2.24, 2.45) is 0 Å². The van der Waals surface area contributed by atoms with E-state index in [4.69, 9.17) is 5.26 Å². The fourth-order valence-electron chi connectivity index (χ4n) is 3.24. The van der Waals surface area contributed by atoms with Crippen molar-refractivity contribution < 1.29 is 4.79 Å². The number of piperazine rings is 1. The van der Waals surface area contributed by atoms with E-state index in [0.29, 0.717) is 5.69 Å². The minimum Gasteiger partial charge on any atom is -0.353 e. The van der Waals surface area contributed by atoms with Crippen molar-refractivity contribution in [1.29, 1.82) is 5.26 Å². The molecule has 1 aromatic heterocycles. The first-order chi connectivity index (χ1) is 11.2. The Morgan fingerprint density at radius 2 is 1.83 bits per heavy atom. The number of nitrogens with zero attached hydrogens (tertiary/aromatic N) is 6. The molecule has 122 valence electrons. The van der Waals surface area contributed by atoms with Gasteiger partial charge in [0.05, 0.1) is 18.4 Å². The van der Waals surface area contributed by atoms with Gasteiger partial charge >= 0.3 is 0 Å². The largest absolute Gasteiger partial charge is 0.353 e. The molecular formula is C16H22N6O. The maximum absolute atomic E-state index is 12.5. The summed E-state index contributed by atoms with van der Waals surface area (Å²) in [5.41, 5.74) is 0.331. The van der Waals surface area contributed by atoms with Crippen molar-refractivity contribution >= 4 is 11.7 Å². The third kappa shape index (κ3) is 3.42. The van der Waals surface area contributed by atoms with Crippen LogP contribution in [0.3, 0.4) is 0 Å². The Morgan fingerprint density at radius 3 is 2.39 bits per heavy atom. The van der Waals surface area contributed by atoms with Crippen LogP contribution in [0.4, 0.5) is 5.82 Å². The fraction of sp³-hybridized carbons (Fsp3) is 0.625. The first-order valence-corrected chi connectivity index (χ1v) is 8.19. The molecule has 0 aliphatic carbocycles. The molecule has 2 fully saturated rings. The zero-order valence-corrected chi connectivity index (χ0v) is 13.5. The van der Waals surface area contributed by atoms with Crippen LogP contribution in [0.5, 0.6) is 0 Å². The van der Waals surface area contributed by atoms with Gasteiger partial charge in [0.15, 0.2) is 5.69 Å². The van der Waals surface area contributed by atoms with Crippen LogP contribution in [-0.4, -0.2) is 71.0 Å². The Bertz CT molecular complexity index is 582. The van der Waals surface area contributed by atoms with E-state index < -0.39 is 0 Å². The van der Waals surface area contributed by atoms with Gasteiger partial charge in [0.25, 0.3) is 0 Å². The number of rotatable bonds is 3. The average Bonchev–Trinajstić information content (AvgIpc) is 3.15. The molecule has 1 aromatic rings. The Hall–Kier alpha value is -2.20. The summed E-state index contributed by atoms with van der Waals surface area (Å²) < 4.78 is 0. The second-order valence-corrected chi connectivity index (χ2v) is 6.10. The molecule has 0 saturated carbocycles. The number of likely N-dealkylation sites (tertiary alicyclic amines) is 1. The van der Waals surface area contributed by atoms with Crippen molar-refractivity contribution in [3.63, 3.8) is 0 Å². The molecule has 7 heteroatoms. The van der Waals surface area contributed by atoms with Crippen molar-refractivity contribution in [2.75, 3.05) is 44.2 Å². The van der Waals surface area contributed by atoms with E-state index in [0.717, 1.165) is 57.9 Å². The highest BCUT2D eigenvalue weighted by Gasteiger charge is 2.30. The molecule has 7 nitrogen and oxygen atoms in total. The summed E-state index contributed by atoms with van der Waals surface area (Å²) in [6.07, 6.45) is 5.40. The second-order valence-electron chi connectivity index (χ2n) is 6.10. The van der Waals surface area contributed by atoms with Gasteiger partial charge in [-0.1, -0.05) is 0 Å². The maximum Gasteiger partial charge on any atom is 0.239 e. The summed E-state index contributed by atoms with van der Waals surface area (Å²) in [5, 5.41) is 8.77. The molecule has 2 aliphatic rings. The average molecular weight is 314 g/mol. The Kier molecular flexibility index (Phi) is 4.72. The van der Waals surface area contributed by atoms with E-state index in [1.165, 1.54) is 6.20 Å². The standard InChI is InChI=1S/C16H22N6O/c1-13(16(23)22-4-2-3-5-22)20-6-8-21(9-7-20)15-12-18-14(10-17)11-19-15/h11-13H,2-9H2,1H3. The predicted octanol–water partition coefficient (Wildman–Crippen LogP) is 0.481. The zero-order chi connectivity index (χ0) is 16.2. The smallest absolute Gasteiger partial charge is 0.239 e. The van der Waals surface area contributed by atoms with E-state index in [1.54, 1.807) is 6.20 Å². The van der Waals surface area contributed by atoms with Gasteiger partial charge in [-0.25, -0.2) is 9.97 Å². The molecule has 1 unspecified atom stereocenters. The molecule has 3 heterocycles. The normalized spacial score (nSPS) is 20.3. The number of hydrogen-bond acceptors (Lipinski definition) is 6. The molecule has 3 rings (SSSR count). The van der Waals surface area contributed by atoms with Gasteiger partial charge < -0.3 is 9.80 Å². The molecule has 1 atom stereocenters. The van der Waals surface area contributed by atoms with Gasteiger partial charge in [-0.15, -0.1) is 0 Å². The monoisotopic (exact) mass is 314 g/mol. The van der Waals surface area contributed by atoms with Crippen molar-refractivity contribution in [2.45, 2.75) is 25.8 Å². The van der Waals surface area contributed by atoms with Crippen LogP contribution in [-0.2, 0) is 4.79 Å². The van der Waals surface area contributed by atoms with Crippen LogP contribution in [0.15, 0.2) is 12.4 Å². The first-order valence-electron chi connectivity index (χ1n) is 8.19. The van der Waals surface area contributed by atoms with Crippen LogP contribution in [0.1, 0.15) is 25.5 Å². The van der Waals surface area contributed by atoms with Crippen molar-refractivity contribution in [3.8, 4) is 6.07 Å². The van der Waals surface area contributed by atoms with Crippen molar-refractivity contribution in [1.82, 2.24) is 19.8 Å². The maximum atomic E-state index is 12.5. The Morgan fingerprint density at radius 1 is 1.13 bits per heavy atom. The number of nitriles is 1. The van der Waals surface area contributed by atoms with Gasteiger partial charge in [0.2, 0.25) is 5.91 Å². The van der Waals surface area contributed by atoms with Gasteiger partial charge in [-0.05, 0) is 19.8 Å². The van der Waals surface area contributed by atoms with E-state index in [2.05, 4.69) is 19.8 Å². The molecule has 0 aromatic carbocycles. The number of aromatic nitrogens is 2. The zero-order valence-electron chi connectivity index (χ0n) is 13.5. The lowest BCUT2D eigenvalue weighted by Gasteiger charge is -2.38. The number of carbonyl (C=O) groups is 1. The van der Waals surface area contributed by atoms with Crippen molar-refractivity contribution in [3.05, 3.63) is 18.1 Å². The van der Waals surface area contributed by atoms with Gasteiger partial charge in [-0.2, -0.15) is 5.26 Å². The summed E-state index contributed by atoms with van der Waals surface area (Å²) in [6.45, 7) is 7.13. The van der Waals surface area contributed by atoms with E-state index in [9.17, 15) is 4.79 Å². The molecule has 23 heavy (non-hydrogen) atoms. The highest BCUT2D eigenvalue weighted by molar-refractivity contribution is 5.81. The minimum atomic E-state index is -0.0534. The lowest BCUT2D eigenvalue weighted by atomic mass is 10.2. The highest BCUT2D eigenvalue weighted by atomic mass is 16.2. The van der Waals surface area contributed by atoms with Crippen LogP contribution >= 0.6 is 0 Å². The quantitative estimate of drug-likeness (QED) is 0.808. The number of carbonyl (C=O) groups excluding carboxylic acids is 1. The molecule has 0 N–H and O–H groups in total. The summed E-state index contributed by atoms with van der Waals surface area (Å²) in [7, 11) is 0. The molecular weight excluding hydrogens is 292 g/mol. The highest BCUT2D eigenvalue weighted by Crippen LogP contribution is 2.16. The lowest BCUT2D eigenvalue weighted by Crippen LogP contribution is -2.54. The lowest BCUT2D eigenvalue weighted by molar-refractivity contribution is -0.135. The van der Waals surface area contributed by atoms with E-state index in [-0.39, 0.29) is 11.9 Å². The van der Waals surface area contributed by atoms with Gasteiger partial charge in [0.1, 0.15) is 11.9 Å². The minimum absolute atomic E-state index is 0.0534. The van der Waals surface area contributed by atoms with Crippen LogP contribution in [0.2, 0.25) is 0 Å². The Balaban J connectivity index is 1.55. The first kappa shape index (κ1) is 15.7. The summed E-state index contributed by atoms with van der Waals surface area (Å²) in [5.74, 6) is 1.05.